The van der Waals surface area contributed by atoms with Crippen molar-refractivity contribution in [2.24, 2.45) is 10.9 Å². The second-order valence-corrected chi connectivity index (χ2v) is 6.07. The molecule has 138 valence electrons. The van der Waals surface area contributed by atoms with E-state index in [1.165, 1.54) is 12.1 Å². The van der Waals surface area contributed by atoms with E-state index < -0.39 is 0 Å². The van der Waals surface area contributed by atoms with Crippen LogP contribution in [0.3, 0.4) is 0 Å². The van der Waals surface area contributed by atoms with Crippen LogP contribution >= 0.6 is 0 Å². The van der Waals surface area contributed by atoms with Crippen LogP contribution in [0.25, 0.3) is 0 Å². The molecular formula is C18H27FN4O2. The molecule has 1 aliphatic carbocycles. The van der Waals surface area contributed by atoms with E-state index in [-0.39, 0.29) is 18.0 Å². The SMILES string of the molecule is CCOC(=O)NC(CNC(=NC)NCCc1ccc(F)cc1)C1CC1. The number of hydrogen-bond donors (Lipinski definition) is 3. The van der Waals surface area contributed by atoms with Gasteiger partial charge in [0.15, 0.2) is 5.96 Å². The first-order valence-corrected chi connectivity index (χ1v) is 8.74. The predicted octanol–water partition coefficient (Wildman–Crippen LogP) is 2.06. The van der Waals surface area contributed by atoms with Gasteiger partial charge in [0.2, 0.25) is 0 Å². The Bertz CT molecular complexity index is 573. The van der Waals surface area contributed by atoms with Crippen LogP contribution < -0.4 is 16.0 Å². The van der Waals surface area contributed by atoms with Gasteiger partial charge in [-0.15, -0.1) is 0 Å². The number of amides is 1. The highest BCUT2D eigenvalue weighted by molar-refractivity contribution is 5.79. The Kier molecular flexibility index (Phi) is 7.50. The number of benzene rings is 1. The minimum atomic E-state index is -0.375. The van der Waals surface area contributed by atoms with Crippen molar-refractivity contribution in [3.63, 3.8) is 0 Å². The van der Waals surface area contributed by atoms with Gasteiger partial charge in [-0.3, -0.25) is 4.99 Å². The number of nitrogens with zero attached hydrogens (tertiary/aromatic N) is 1. The van der Waals surface area contributed by atoms with Crippen molar-refractivity contribution < 1.29 is 13.9 Å². The maximum atomic E-state index is 12.9. The first kappa shape index (κ1) is 19.0. The third-order valence-corrected chi connectivity index (χ3v) is 4.10. The summed E-state index contributed by atoms with van der Waals surface area (Å²) in [5.41, 5.74) is 1.06. The molecule has 1 aromatic carbocycles. The minimum absolute atomic E-state index is 0.0368. The van der Waals surface area contributed by atoms with E-state index in [1.54, 1.807) is 26.1 Å². The van der Waals surface area contributed by atoms with Crippen molar-refractivity contribution in [1.29, 1.82) is 0 Å². The smallest absolute Gasteiger partial charge is 0.407 e. The van der Waals surface area contributed by atoms with Crippen LogP contribution in [-0.4, -0.2) is 44.8 Å². The van der Waals surface area contributed by atoms with E-state index in [2.05, 4.69) is 20.9 Å². The van der Waals surface area contributed by atoms with Gasteiger partial charge in [-0.2, -0.15) is 0 Å². The van der Waals surface area contributed by atoms with Gasteiger partial charge in [0.1, 0.15) is 5.82 Å². The number of rotatable bonds is 8. The quantitative estimate of drug-likeness (QED) is 0.496. The fraction of sp³-hybridized carbons (Fsp3) is 0.556. The average molecular weight is 350 g/mol. The van der Waals surface area contributed by atoms with E-state index in [4.69, 9.17) is 4.74 Å². The fourth-order valence-electron chi connectivity index (χ4n) is 2.56. The number of hydrogen-bond acceptors (Lipinski definition) is 3. The Morgan fingerprint density at radius 2 is 2.04 bits per heavy atom. The molecule has 3 N–H and O–H groups in total. The van der Waals surface area contributed by atoms with Crippen LogP contribution in [0.15, 0.2) is 29.3 Å². The van der Waals surface area contributed by atoms with Gasteiger partial charge < -0.3 is 20.7 Å². The number of carbonyl (C=O) groups excluding carboxylic acids is 1. The molecule has 2 rings (SSSR count). The monoisotopic (exact) mass is 350 g/mol. The first-order chi connectivity index (χ1) is 12.1. The number of carbonyl (C=O) groups is 1. The molecule has 1 fully saturated rings. The van der Waals surface area contributed by atoms with Crippen LogP contribution in [0.5, 0.6) is 0 Å². The molecule has 1 aliphatic rings. The Morgan fingerprint density at radius 3 is 2.64 bits per heavy atom. The van der Waals surface area contributed by atoms with Crippen molar-refractivity contribution >= 4 is 12.1 Å². The minimum Gasteiger partial charge on any atom is -0.450 e. The summed E-state index contributed by atoms with van der Waals surface area (Å²) in [7, 11) is 1.71. The van der Waals surface area contributed by atoms with Crippen LogP contribution in [-0.2, 0) is 11.2 Å². The Labute approximate surface area is 148 Å². The molecule has 25 heavy (non-hydrogen) atoms. The topological polar surface area (TPSA) is 74.8 Å². The maximum absolute atomic E-state index is 12.9. The second kappa shape index (κ2) is 9.86. The third kappa shape index (κ3) is 6.99. The zero-order valence-electron chi connectivity index (χ0n) is 14.8. The molecule has 0 spiro atoms. The van der Waals surface area contributed by atoms with Crippen LogP contribution in [0, 0.1) is 11.7 Å². The summed E-state index contributed by atoms with van der Waals surface area (Å²) >= 11 is 0. The summed E-state index contributed by atoms with van der Waals surface area (Å²) in [5.74, 6) is 0.946. The van der Waals surface area contributed by atoms with Gasteiger partial charge in [0.25, 0.3) is 0 Å². The molecule has 0 saturated heterocycles. The lowest BCUT2D eigenvalue weighted by atomic mass is 10.1. The number of aliphatic imine (C=N–C) groups is 1. The van der Waals surface area contributed by atoms with Gasteiger partial charge >= 0.3 is 6.09 Å². The van der Waals surface area contributed by atoms with Gasteiger partial charge in [-0.1, -0.05) is 12.1 Å². The lowest BCUT2D eigenvalue weighted by Crippen LogP contribution is -2.48. The number of halogens is 1. The number of alkyl carbamates (subject to hydrolysis) is 1. The van der Waals surface area contributed by atoms with Crippen molar-refractivity contribution in [1.82, 2.24) is 16.0 Å². The summed E-state index contributed by atoms with van der Waals surface area (Å²) in [6.45, 7) is 3.44. The van der Waals surface area contributed by atoms with Crippen LogP contribution in [0.1, 0.15) is 25.3 Å². The lowest BCUT2D eigenvalue weighted by molar-refractivity contribution is 0.146. The molecule has 0 aliphatic heterocycles. The highest BCUT2D eigenvalue weighted by atomic mass is 19.1. The summed E-state index contributed by atoms with van der Waals surface area (Å²) in [6.07, 6.45) is 2.64. The number of nitrogens with one attached hydrogen (secondary N) is 3. The molecule has 0 bridgehead atoms. The van der Waals surface area contributed by atoms with E-state index in [0.717, 1.165) is 24.8 Å². The van der Waals surface area contributed by atoms with Gasteiger partial charge in [-0.05, 0) is 49.8 Å². The summed E-state index contributed by atoms with van der Waals surface area (Å²) in [5, 5.41) is 9.37. The zero-order valence-corrected chi connectivity index (χ0v) is 14.8. The molecule has 1 amide bonds. The molecule has 1 aromatic rings. The van der Waals surface area contributed by atoms with Crippen molar-refractivity contribution in [3.8, 4) is 0 Å². The maximum Gasteiger partial charge on any atom is 0.407 e. The third-order valence-electron chi connectivity index (χ3n) is 4.10. The van der Waals surface area contributed by atoms with Crippen molar-refractivity contribution in [3.05, 3.63) is 35.6 Å². The molecule has 0 aromatic heterocycles. The predicted molar refractivity (Wildman–Crippen MR) is 96.1 cm³/mol. The summed E-state index contributed by atoms with van der Waals surface area (Å²) in [4.78, 5) is 15.8. The molecule has 7 heteroatoms. The van der Waals surface area contributed by atoms with Crippen molar-refractivity contribution in [2.75, 3.05) is 26.7 Å². The van der Waals surface area contributed by atoms with E-state index in [9.17, 15) is 9.18 Å². The fourth-order valence-corrected chi connectivity index (χ4v) is 2.56. The highest BCUT2D eigenvalue weighted by Crippen LogP contribution is 2.32. The molecule has 1 atom stereocenters. The highest BCUT2D eigenvalue weighted by Gasteiger charge is 2.32. The van der Waals surface area contributed by atoms with Crippen LogP contribution in [0.2, 0.25) is 0 Å². The average Bonchev–Trinajstić information content (AvgIpc) is 3.43. The van der Waals surface area contributed by atoms with E-state index in [0.29, 0.717) is 31.6 Å². The van der Waals surface area contributed by atoms with Gasteiger partial charge in [-0.25, -0.2) is 9.18 Å². The standard InChI is InChI=1S/C18H27FN4O2/c1-3-25-18(24)23-16(14-6-7-14)12-22-17(20-2)21-11-10-13-4-8-15(19)9-5-13/h4-5,8-9,14,16H,3,6-7,10-12H2,1-2H3,(H,23,24)(H2,20,21,22). The van der Waals surface area contributed by atoms with Crippen LogP contribution in [0.4, 0.5) is 9.18 Å². The van der Waals surface area contributed by atoms with Gasteiger partial charge in [0, 0.05) is 20.1 Å². The molecule has 6 nitrogen and oxygen atoms in total. The summed E-state index contributed by atoms with van der Waals surface area (Å²) in [6, 6.07) is 6.52. The first-order valence-electron chi connectivity index (χ1n) is 8.74. The second-order valence-electron chi connectivity index (χ2n) is 6.07. The molecular weight excluding hydrogens is 323 g/mol. The summed E-state index contributed by atoms with van der Waals surface area (Å²) < 4.78 is 17.8. The normalized spacial score (nSPS) is 15.4. The molecule has 1 saturated carbocycles. The van der Waals surface area contributed by atoms with E-state index in [1.807, 2.05) is 0 Å². The van der Waals surface area contributed by atoms with Gasteiger partial charge in [0.05, 0.1) is 12.6 Å². The Balaban J connectivity index is 1.72. The molecule has 1 unspecified atom stereocenters. The largest absolute Gasteiger partial charge is 0.450 e. The number of guanidine groups is 1. The Hall–Kier alpha value is -2.31. The molecule has 0 heterocycles. The lowest BCUT2D eigenvalue weighted by Gasteiger charge is -2.20. The Morgan fingerprint density at radius 1 is 1.32 bits per heavy atom. The van der Waals surface area contributed by atoms with E-state index >= 15 is 0 Å². The number of ether oxygens (including phenoxy) is 1. The zero-order chi connectivity index (χ0) is 18.1. The molecule has 0 radical (unpaired) electrons. The van der Waals surface area contributed by atoms with Crippen molar-refractivity contribution in [2.45, 2.75) is 32.2 Å².